The van der Waals surface area contributed by atoms with Gasteiger partial charge in [-0.25, -0.2) is 0 Å². The number of amides is 2. The van der Waals surface area contributed by atoms with Crippen LogP contribution in [0.15, 0.2) is 18.2 Å². The van der Waals surface area contributed by atoms with Crippen molar-refractivity contribution >= 4 is 17.5 Å². The molecule has 2 heterocycles. The molecular formula is C20H29N3O6. The van der Waals surface area contributed by atoms with Crippen molar-refractivity contribution in [1.82, 2.24) is 10.2 Å². The number of hydrogen-bond donors (Lipinski definition) is 2. The highest BCUT2D eigenvalue weighted by Crippen LogP contribution is 2.29. The molecule has 1 aromatic rings. The first-order chi connectivity index (χ1) is 14.1. The van der Waals surface area contributed by atoms with Crippen molar-refractivity contribution < 1.29 is 28.5 Å². The lowest BCUT2D eigenvalue weighted by Crippen LogP contribution is -2.53. The van der Waals surface area contributed by atoms with Crippen LogP contribution in [-0.4, -0.2) is 83.0 Å². The van der Waals surface area contributed by atoms with Gasteiger partial charge in [-0.3, -0.25) is 14.5 Å². The summed E-state index contributed by atoms with van der Waals surface area (Å²) in [7, 11) is 3.03. The normalized spacial score (nSPS) is 20.7. The smallest absolute Gasteiger partial charge is 0.313 e. The monoisotopic (exact) mass is 407 g/mol. The summed E-state index contributed by atoms with van der Waals surface area (Å²) in [6, 6.07) is 5.08. The van der Waals surface area contributed by atoms with Gasteiger partial charge >= 0.3 is 11.8 Å². The van der Waals surface area contributed by atoms with Crippen molar-refractivity contribution in [3.63, 3.8) is 0 Å². The summed E-state index contributed by atoms with van der Waals surface area (Å²) in [6.07, 6.45) is 0.952. The van der Waals surface area contributed by atoms with Crippen LogP contribution in [0.4, 0.5) is 5.69 Å². The predicted octanol–water partition coefficient (Wildman–Crippen LogP) is 0.496. The molecule has 2 N–H and O–H groups in total. The number of carbonyl (C=O) groups excluding carboxylic acids is 2. The summed E-state index contributed by atoms with van der Waals surface area (Å²) in [5.74, 6) is -0.0775. The zero-order chi connectivity index (χ0) is 20.6. The fraction of sp³-hybridized carbons (Fsp3) is 0.600. The quantitative estimate of drug-likeness (QED) is 0.635. The minimum absolute atomic E-state index is 0.119. The molecule has 0 spiro atoms. The standard InChI is InChI=1S/C20H29N3O6/c1-26-15-3-4-16(18(11-15)27-2)22-20(25)19(24)21-12-17(14-5-8-29-13-14)23-6-9-28-10-7-23/h3-4,11,14,17H,5-10,12-13H2,1-2H3,(H,21,24)(H,22,25)/t14-,17-/m0/s1. The second kappa shape index (κ2) is 10.4. The van der Waals surface area contributed by atoms with E-state index in [1.807, 2.05) is 0 Å². The van der Waals surface area contributed by atoms with Gasteiger partial charge in [0.1, 0.15) is 11.5 Å². The fourth-order valence-electron chi connectivity index (χ4n) is 3.72. The van der Waals surface area contributed by atoms with Crippen molar-refractivity contribution in [3.05, 3.63) is 18.2 Å². The molecule has 0 aliphatic carbocycles. The average molecular weight is 407 g/mol. The van der Waals surface area contributed by atoms with Crippen LogP contribution in [0.5, 0.6) is 11.5 Å². The number of morpholine rings is 1. The van der Waals surface area contributed by atoms with Gasteiger partial charge in [-0.05, 0) is 18.6 Å². The number of methoxy groups -OCH3 is 2. The van der Waals surface area contributed by atoms with Gasteiger partial charge in [0, 0.05) is 44.3 Å². The maximum Gasteiger partial charge on any atom is 0.313 e. The van der Waals surface area contributed by atoms with Crippen LogP contribution in [0.3, 0.4) is 0 Å². The Morgan fingerprint density at radius 1 is 1.14 bits per heavy atom. The Kier molecular flexibility index (Phi) is 7.68. The zero-order valence-corrected chi connectivity index (χ0v) is 16.9. The molecule has 2 atom stereocenters. The molecular weight excluding hydrogens is 378 g/mol. The number of rotatable bonds is 7. The van der Waals surface area contributed by atoms with E-state index in [-0.39, 0.29) is 6.04 Å². The highest BCUT2D eigenvalue weighted by atomic mass is 16.5. The largest absolute Gasteiger partial charge is 0.497 e. The number of carbonyl (C=O) groups is 2. The Morgan fingerprint density at radius 3 is 2.59 bits per heavy atom. The summed E-state index contributed by atoms with van der Waals surface area (Å²) in [6.45, 7) is 4.77. The maximum absolute atomic E-state index is 12.4. The van der Waals surface area contributed by atoms with Crippen LogP contribution < -0.4 is 20.1 Å². The molecule has 9 nitrogen and oxygen atoms in total. The van der Waals surface area contributed by atoms with Crippen LogP contribution in [-0.2, 0) is 19.1 Å². The van der Waals surface area contributed by atoms with Gasteiger partial charge in [-0.15, -0.1) is 0 Å². The first-order valence-corrected chi connectivity index (χ1v) is 9.83. The fourth-order valence-corrected chi connectivity index (χ4v) is 3.72. The molecule has 9 heteroatoms. The van der Waals surface area contributed by atoms with Crippen molar-refractivity contribution in [2.75, 3.05) is 65.6 Å². The second-order valence-electron chi connectivity index (χ2n) is 7.07. The van der Waals surface area contributed by atoms with Crippen molar-refractivity contribution in [3.8, 4) is 11.5 Å². The summed E-state index contributed by atoms with van der Waals surface area (Å²) in [5, 5.41) is 5.38. The van der Waals surface area contributed by atoms with Crippen LogP contribution in [0.25, 0.3) is 0 Å². The summed E-state index contributed by atoms with van der Waals surface area (Å²) < 4.78 is 21.4. The summed E-state index contributed by atoms with van der Waals surface area (Å²) >= 11 is 0. The molecule has 2 amide bonds. The molecule has 2 aliphatic heterocycles. The second-order valence-corrected chi connectivity index (χ2v) is 7.07. The highest BCUT2D eigenvalue weighted by molar-refractivity contribution is 6.39. The van der Waals surface area contributed by atoms with Gasteiger partial charge in [0.05, 0.1) is 39.7 Å². The van der Waals surface area contributed by atoms with Crippen LogP contribution in [0.1, 0.15) is 6.42 Å². The Labute approximate surface area is 170 Å². The molecule has 29 heavy (non-hydrogen) atoms. The number of nitrogens with one attached hydrogen (secondary N) is 2. The third-order valence-corrected chi connectivity index (χ3v) is 5.36. The Bertz CT molecular complexity index is 701. The van der Waals surface area contributed by atoms with E-state index < -0.39 is 11.8 Å². The van der Waals surface area contributed by atoms with Crippen molar-refractivity contribution in [2.24, 2.45) is 5.92 Å². The highest BCUT2D eigenvalue weighted by Gasteiger charge is 2.32. The van der Waals surface area contributed by atoms with Gasteiger partial charge in [-0.2, -0.15) is 0 Å². The third kappa shape index (κ3) is 5.59. The van der Waals surface area contributed by atoms with E-state index >= 15 is 0 Å². The minimum Gasteiger partial charge on any atom is -0.497 e. The van der Waals surface area contributed by atoms with E-state index in [1.54, 1.807) is 25.3 Å². The molecule has 0 radical (unpaired) electrons. The molecule has 160 valence electrons. The number of nitrogens with zero attached hydrogens (tertiary/aromatic N) is 1. The van der Waals surface area contributed by atoms with E-state index in [2.05, 4.69) is 15.5 Å². The zero-order valence-electron chi connectivity index (χ0n) is 16.9. The topological polar surface area (TPSA) is 98.4 Å². The van der Waals surface area contributed by atoms with Gasteiger partial charge in [0.25, 0.3) is 0 Å². The first kappa shape index (κ1) is 21.4. The Hall–Kier alpha value is -2.36. The number of benzene rings is 1. The van der Waals surface area contributed by atoms with Crippen molar-refractivity contribution in [1.29, 1.82) is 0 Å². The van der Waals surface area contributed by atoms with Crippen LogP contribution in [0.2, 0.25) is 0 Å². The predicted molar refractivity (Wildman–Crippen MR) is 106 cm³/mol. The molecule has 2 saturated heterocycles. The van der Waals surface area contributed by atoms with Crippen LogP contribution in [0, 0.1) is 5.92 Å². The van der Waals surface area contributed by atoms with E-state index in [4.69, 9.17) is 18.9 Å². The van der Waals surface area contributed by atoms with E-state index in [0.29, 0.717) is 49.5 Å². The van der Waals surface area contributed by atoms with Crippen molar-refractivity contribution in [2.45, 2.75) is 12.5 Å². The minimum atomic E-state index is -0.739. The lowest BCUT2D eigenvalue weighted by atomic mass is 9.97. The SMILES string of the molecule is COc1ccc(NC(=O)C(=O)NC[C@@H]([C@H]2CCOC2)N2CCOCC2)c(OC)c1. The lowest BCUT2D eigenvalue weighted by Gasteiger charge is -2.37. The molecule has 3 rings (SSSR count). The number of hydrogen-bond acceptors (Lipinski definition) is 7. The van der Waals surface area contributed by atoms with E-state index in [9.17, 15) is 9.59 Å². The summed E-state index contributed by atoms with van der Waals surface area (Å²) in [5.41, 5.74) is 0.405. The number of anilines is 1. The van der Waals surface area contributed by atoms with Gasteiger partial charge in [-0.1, -0.05) is 0 Å². The molecule has 0 unspecified atom stereocenters. The van der Waals surface area contributed by atoms with Gasteiger partial charge in [0.2, 0.25) is 0 Å². The van der Waals surface area contributed by atoms with Gasteiger partial charge < -0.3 is 29.6 Å². The maximum atomic E-state index is 12.4. The lowest BCUT2D eigenvalue weighted by molar-refractivity contribution is -0.136. The first-order valence-electron chi connectivity index (χ1n) is 9.83. The third-order valence-electron chi connectivity index (χ3n) is 5.36. The Morgan fingerprint density at radius 2 is 1.93 bits per heavy atom. The van der Waals surface area contributed by atoms with Crippen LogP contribution >= 0.6 is 0 Å². The molecule has 0 saturated carbocycles. The molecule has 0 bridgehead atoms. The Balaban J connectivity index is 1.58. The average Bonchev–Trinajstić information content (AvgIpc) is 3.29. The van der Waals surface area contributed by atoms with Gasteiger partial charge in [0.15, 0.2) is 0 Å². The summed E-state index contributed by atoms with van der Waals surface area (Å²) in [4.78, 5) is 27.1. The molecule has 2 aliphatic rings. The van der Waals surface area contributed by atoms with E-state index in [0.717, 1.165) is 26.1 Å². The molecule has 2 fully saturated rings. The number of ether oxygens (including phenoxy) is 4. The molecule has 0 aromatic heterocycles. The molecule has 1 aromatic carbocycles. The van der Waals surface area contributed by atoms with E-state index in [1.165, 1.54) is 7.11 Å².